The lowest BCUT2D eigenvalue weighted by atomic mass is 10.1. The minimum Gasteiger partial charge on any atom is -0.396 e. The number of rotatable bonds is 2. The minimum absolute atomic E-state index is 0.0532. The summed E-state index contributed by atoms with van der Waals surface area (Å²) in [7, 11) is 0. The van der Waals surface area contributed by atoms with Gasteiger partial charge in [0.15, 0.2) is 0 Å². The summed E-state index contributed by atoms with van der Waals surface area (Å²) in [4.78, 5) is 13.9. The highest BCUT2D eigenvalue weighted by Gasteiger charge is 2.34. The summed E-state index contributed by atoms with van der Waals surface area (Å²) in [5.74, 6) is 0.557. The summed E-state index contributed by atoms with van der Waals surface area (Å²) >= 11 is 0. The molecular formula is C11H19NO3. The van der Waals surface area contributed by atoms with Gasteiger partial charge in [-0.25, -0.2) is 0 Å². The zero-order chi connectivity index (χ0) is 10.8. The fourth-order valence-corrected chi connectivity index (χ4v) is 2.43. The van der Waals surface area contributed by atoms with Crippen LogP contribution in [0.3, 0.4) is 0 Å². The van der Waals surface area contributed by atoms with Gasteiger partial charge in [0.25, 0.3) is 0 Å². The van der Waals surface area contributed by atoms with E-state index in [4.69, 9.17) is 9.84 Å². The van der Waals surface area contributed by atoms with Crippen molar-refractivity contribution >= 4 is 5.91 Å². The number of carbonyl (C=O) groups excluding carboxylic acids is 1. The molecule has 3 unspecified atom stereocenters. The molecule has 2 rings (SSSR count). The van der Waals surface area contributed by atoms with Gasteiger partial charge in [-0.3, -0.25) is 4.79 Å². The van der Waals surface area contributed by atoms with E-state index in [1.165, 1.54) is 0 Å². The number of amides is 1. The van der Waals surface area contributed by atoms with Crippen molar-refractivity contribution in [2.75, 3.05) is 26.3 Å². The normalized spacial score (nSPS) is 36.1. The van der Waals surface area contributed by atoms with Crippen LogP contribution in [-0.4, -0.2) is 48.3 Å². The molecule has 1 N–H and O–H groups in total. The Morgan fingerprint density at radius 3 is 2.93 bits per heavy atom. The van der Waals surface area contributed by atoms with Crippen LogP contribution in [0.1, 0.15) is 19.8 Å². The highest BCUT2D eigenvalue weighted by atomic mass is 16.5. The largest absolute Gasteiger partial charge is 0.396 e. The molecule has 15 heavy (non-hydrogen) atoms. The van der Waals surface area contributed by atoms with Crippen molar-refractivity contribution in [2.24, 2.45) is 11.8 Å². The van der Waals surface area contributed by atoms with Crippen molar-refractivity contribution in [1.29, 1.82) is 0 Å². The number of hydrogen-bond acceptors (Lipinski definition) is 3. The summed E-state index contributed by atoms with van der Waals surface area (Å²) in [6, 6.07) is 0. The van der Waals surface area contributed by atoms with Crippen LogP contribution in [0.25, 0.3) is 0 Å². The smallest absolute Gasteiger partial charge is 0.228 e. The zero-order valence-corrected chi connectivity index (χ0v) is 9.19. The lowest BCUT2D eigenvalue weighted by Crippen LogP contribution is -2.35. The van der Waals surface area contributed by atoms with Crippen LogP contribution in [0.2, 0.25) is 0 Å². The van der Waals surface area contributed by atoms with Crippen molar-refractivity contribution in [1.82, 2.24) is 4.90 Å². The molecule has 2 fully saturated rings. The van der Waals surface area contributed by atoms with Gasteiger partial charge in [0.2, 0.25) is 5.91 Å². The minimum atomic E-state index is 0.0532. The van der Waals surface area contributed by atoms with Crippen LogP contribution in [0.15, 0.2) is 0 Å². The number of carbonyl (C=O) groups is 1. The molecule has 0 aromatic rings. The van der Waals surface area contributed by atoms with Crippen molar-refractivity contribution in [2.45, 2.75) is 25.9 Å². The molecule has 2 aliphatic rings. The first-order valence-electron chi connectivity index (χ1n) is 5.72. The van der Waals surface area contributed by atoms with Gasteiger partial charge in [0, 0.05) is 25.6 Å². The van der Waals surface area contributed by atoms with E-state index in [2.05, 4.69) is 0 Å². The molecule has 0 aliphatic carbocycles. The molecule has 2 saturated heterocycles. The Morgan fingerprint density at radius 1 is 1.60 bits per heavy atom. The maximum atomic E-state index is 12.0. The van der Waals surface area contributed by atoms with Crippen molar-refractivity contribution in [3.63, 3.8) is 0 Å². The predicted octanol–water partition coefficient (Wildman–Crippen LogP) is 0.252. The monoisotopic (exact) mass is 213 g/mol. The van der Waals surface area contributed by atoms with Gasteiger partial charge in [-0.05, 0) is 19.8 Å². The summed E-state index contributed by atoms with van der Waals surface area (Å²) in [6.07, 6.45) is 2.00. The Morgan fingerprint density at radius 2 is 2.40 bits per heavy atom. The van der Waals surface area contributed by atoms with Gasteiger partial charge in [-0.1, -0.05) is 0 Å². The number of ether oxygens (including phenoxy) is 1. The van der Waals surface area contributed by atoms with Crippen LogP contribution in [-0.2, 0) is 9.53 Å². The van der Waals surface area contributed by atoms with Crippen molar-refractivity contribution in [3.05, 3.63) is 0 Å². The van der Waals surface area contributed by atoms with Crippen molar-refractivity contribution in [3.8, 4) is 0 Å². The Bertz CT molecular complexity index is 244. The summed E-state index contributed by atoms with van der Waals surface area (Å²) < 4.78 is 5.40. The Kier molecular flexibility index (Phi) is 3.26. The average molecular weight is 213 g/mol. The molecule has 0 radical (unpaired) electrons. The molecule has 1 amide bonds. The van der Waals surface area contributed by atoms with E-state index in [0.29, 0.717) is 6.61 Å². The van der Waals surface area contributed by atoms with Gasteiger partial charge in [0.1, 0.15) is 0 Å². The average Bonchev–Trinajstić information content (AvgIpc) is 2.84. The molecule has 0 spiro atoms. The topological polar surface area (TPSA) is 49.8 Å². The van der Waals surface area contributed by atoms with E-state index in [1.807, 2.05) is 11.8 Å². The van der Waals surface area contributed by atoms with E-state index in [-0.39, 0.29) is 30.5 Å². The van der Waals surface area contributed by atoms with Crippen LogP contribution in [0, 0.1) is 11.8 Å². The molecule has 0 aromatic carbocycles. The molecule has 86 valence electrons. The third-order valence-corrected chi connectivity index (χ3v) is 3.40. The van der Waals surface area contributed by atoms with Gasteiger partial charge >= 0.3 is 0 Å². The summed E-state index contributed by atoms with van der Waals surface area (Å²) in [5, 5.41) is 9.01. The van der Waals surface area contributed by atoms with Gasteiger partial charge < -0.3 is 14.7 Å². The highest BCUT2D eigenvalue weighted by molar-refractivity contribution is 5.79. The second kappa shape index (κ2) is 4.49. The third-order valence-electron chi connectivity index (χ3n) is 3.40. The number of likely N-dealkylation sites (tertiary alicyclic amines) is 1. The fourth-order valence-electron chi connectivity index (χ4n) is 2.43. The van der Waals surface area contributed by atoms with Crippen LogP contribution >= 0.6 is 0 Å². The lowest BCUT2D eigenvalue weighted by molar-refractivity contribution is -0.134. The lowest BCUT2D eigenvalue weighted by Gasteiger charge is -2.19. The summed E-state index contributed by atoms with van der Waals surface area (Å²) in [5.41, 5.74) is 0. The highest BCUT2D eigenvalue weighted by Crippen LogP contribution is 2.24. The third kappa shape index (κ3) is 2.32. The number of aliphatic hydroxyl groups is 1. The van der Waals surface area contributed by atoms with E-state index in [1.54, 1.807) is 0 Å². The molecule has 4 heteroatoms. The first kappa shape index (κ1) is 10.9. The molecule has 4 nitrogen and oxygen atoms in total. The molecule has 3 atom stereocenters. The second-order valence-electron chi connectivity index (χ2n) is 4.70. The maximum absolute atomic E-state index is 12.0. The van der Waals surface area contributed by atoms with Crippen LogP contribution < -0.4 is 0 Å². The first-order valence-corrected chi connectivity index (χ1v) is 5.72. The zero-order valence-electron chi connectivity index (χ0n) is 9.19. The van der Waals surface area contributed by atoms with E-state index in [0.717, 1.165) is 25.9 Å². The maximum Gasteiger partial charge on any atom is 0.228 e. The molecular weight excluding hydrogens is 194 g/mol. The van der Waals surface area contributed by atoms with Crippen molar-refractivity contribution < 1.29 is 14.6 Å². The van der Waals surface area contributed by atoms with E-state index in [9.17, 15) is 4.79 Å². The molecule has 0 bridgehead atoms. The quantitative estimate of drug-likeness (QED) is 0.715. The molecule has 2 heterocycles. The first-order chi connectivity index (χ1) is 7.20. The predicted molar refractivity (Wildman–Crippen MR) is 55.3 cm³/mol. The standard InChI is InChI=1S/C11H19NO3/c1-8-4-10(7-15-8)11(14)12-3-2-9(5-12)6-13/h8-10,13H,2-7H2,1H3. The Balaban J connectivity index is 1.86. The number of hydrogen-bond donors (Lipinski definition) is 1. The van der Waals surface area contributed by atoms with E-state index < -0.39 is 0 Å². The van der Waals surface area contributed by atoms with Crippen LogP contribution in [0.4, 0.5) is 0 Å². The molecule has 0 aromatic heterocycles. The number of aliphatic hydroxyl groups excluding tert-OH is 1. The van der Waals surface area contributed by atoms with Gasteiger partial charge in [-0.15, -0.1) is 0 Å². The number of nitrogens with zero attached hydrogens (tertiary/aromatic N) is 1. The van der Waals surface area contributed by atoms with Gasteiger partial charge in [-0.2, -0.15) is 0 Å². The Hall–Kier alpha value is -0.610. The molecule has 0 saturated carbocycles. The molecule has 2 aliphatic heterocycles. The fraction of sp³-hybridized carbons (Fsp3) is 0.909. The summed E-state index contributed by atoms with van der Waals surface area (Å²) in [6.45, 7) is 4.30. The van der Waals surface area contributed by atoms with Crippen LogP contribution in [0.5, 0.6) is 0 Å². The van der Waals surface area contributed by atoms with Gasteiger partial charge in [0.05, 0.1) is 18.6 Å². The van der Waals surface area contributed by atoms with E-state index >= 15 is 0 Å². The Labute approximate surface area is 90.2 Å². The second-order valence-corrected chi connectivity index (χ2v) is 4.70. The SMILES string of the molecule is CC1CC(C(=O)N2CCC(CO)C2)CO1.